The van der Waals surface area contributed by atoms with Crippen molar-refractivity contribution in [2.45, 2.75) is 4.90 Å². The van der Waals surface area contributed by atoms with Crippen LogP contribution in [-0.4, -0.2) is 51.7 Å². The summed E-state index contributed by atoms with van der Waals surface area (Å²) in [7, 11) is -3.51. The van der Waals surface area contributed by atoms with Crippen LogP contribution < -0.4 is 16.0 Å². The second-order valence-electron chi connectivity index (χ2n) is 5.28. The average Bonchev–Trinajstić information content (AvgIpc) is 2.40. The van der Waals surface area contributed by atoms with Crippen molar-refractivity contribution < 1.29 is 18.1 Å². The number of anilines is 1. The lowest BCUT2D eigenvalue weighted by atomic mass is 10.0. The number of nitro benzene ring substituents is 1. The maximum Gasteiger partial charge on any atom is 0.293 e. The first kappa shape index (κ1) is 17.2. The molecule has 0 unspecified atom stereocenters. The van der Waals surface area contributed by atoms with Crippen LogP contribution in [0.1, 0.15) is 0 Å². The third kappa shape index (κ3) is 4.39. The van der Waals surface area contributed by atoms with Gasteiger partial charge in [0.15, 0.2) is 9.84 Å². The first-order chi connectivity index (χ1) is 10.8. The number of hydrogen-bond donors (Lipinski definition) is 3. The molecule has 1 aliphatic rings. The van der Waals surface area contributed by atoms with E-state index in [1.165, 1.54) is 12.1 Å². The molecule has 10 heteroatoms. The highest BCUT2D eigenvalue weighted by Gasteiger charge is 2.24. The summed E-state index contributed by atoms with van der Waals surface area (Å²) in [5.74, 6) is -0.0640. The zero-order valence-electron chi connectivity index (χ0n) is 12.5. The molecule has 9 nitrogen and oxygen atoms in total. The van der Waals surface area contributed by atoms with Gasteiger partial charge in [0.1, 0.15) is 5.69 Å². The third-order valence-corrected chi connectivity index (χ3v) is 4.60. The van der Waals surface area contributed by atoms with E-state index in [0.717, 1.165) is 12.3 Å². The molecular formula is C13H18N4O5S. The fraction of sp³-hybridized carbons (Fsp3) is 0.462. The smallest absolute Gasteiger partial charge is 0.293 e. The minimum atomic E-state index is -3.51. The molecule has 2 rings (SSSR count). The summed E-state index contributed by atoms with van der Waals surface area (Å²) in [4.78, 5) is 21.9. The Bertz CT molecular complexity index is 715. The van der Waals surface area contributed by atoms with Crippen molar-refractivity contribution in [2.75, 3.05) is 37.8 Å². The molecule has 1 heterocycles. The Balaban J connectivity index is 1.96. The predicted molar refractivity (Wildman–Crippen MR) is 84.1 cm³/mol. The van der Waals surface area contributed by atoms with E-state index in [9.17, 15) is 23.3 Å². The highest BCUT2D eigenvalue weighted by Crippen LogP contribution is 2.27. The van der Waals surface area contributed by atoms with Gasteiger partial charge in [0.25, 0.3) is 5.69 Å². The molecule has 0 saturated carbocycles. The lowest BCUT2D eigenvalue weighted by Gasteiger charge is -2.25. The van der Waals surface area contributed by atoms with Gasteiger partial charge < -0.3 is 16.0 Å². The number of benzene rings is 1. The minimum Gasteiger partial charge on any atom is -0.378 e. The number of nitrogens with zero attached hydrogens (tertiary/aromatic N) is 1. The average molecular weight is 342 g/mol. The van der Waals surface area contributed by atoms with E-state index in [0.29, 0.717) is 26.2 Å². The van der Waals surface area contributed by atoms with E-state index < -0.39 is 14.8 Å². The molecule has 1 amide bonds. The van der Waals surface area contributed by atoms with Crippen LogP contribution in [0.5, 0.6) is 0 Å². The molecule has 23 heavy (non-hydrogen) atoms. The molecule has 1 aromatic rings. The molecule has 0 spiro atoms. The fourth-order valence-electron chi connectivity index (χ4n) is 2.04. The molecular weight excluding hydrogens is 324 g/mol. The summed E-state index contributed by atoms with van der Waals surface area (Å²) < 4.78 is 22.9. The SMILES string of the molecule is CS(=O)(=O)c1ccc(NCCNC(=O)C2CNC2)c([N+](=O)[O-])c1. The van der Waals surface area contributed by atoms with Crippen molar-refractivity contribution in [1.82, 2.24) is 10.6 Å². The van der Waals surface area contributed by atoms with E-state index >= 15 is 0 Å². The summed E-state index contributed by atoms with van der Waals surface area (Å²) in [6, 6.07) is 3.69. The lowest BCUT2D eigenvalue weighted by Crippen LogP contribution is -2.51. The van der Waals surface area contributed by atoms with E-state index in [1.54, 1.807) is 0 Å². The number of carbonyl (C=O) groups is 1. The van der Waals surface area contributed by atoms with Gasteiger partial charge in [-0.25, -0.2) is 8.42 Å². The Morgan fingerprint density at radius 2 is 2.09 bits per heavy atom. The summed E-state index contributed by atoms with van der Waals surface area (Å²) >= 11 is 0. The molecule has 126 valence electrons. The monoisotopic (exact) mass is 342 g/mol. The summed E-state index contributed by atoms with van der Waals surface area (Å²) in [6.45, 7) is 1.95. The van der Waals surface area contributed by atoms with Gasteiger partial charge in [-0.2, -0.15) is 0 Å². The highest BCUT2D eigenvalue weighted by atomic mass is 32.2. The number of carbonyl (C=O) groups excluding carboxylic acids is 1. The number of hydrogen-bond acceptors (Lipinski definition) is 7. The van der Waals surface area contributed by atoms with Crippen LogP contribution in [0, 0.1) is 16.0 Å². The quantitative estimate of drug-likeness (QED) is 0.354. The zero-order chi connectivity index (χ0) is 17.0. The Morgan fingerprint density at radius 1 is 1.39 bits per heavy atom. The second kappa shape index (κ2) is 6.92. The number of amides is 1. The molecule has 0 aliphatic carbocycles. The third-order valence-electron chi connectivity index (χ3n) is 3.49. The number of rotatable bonds is 7. The molecule has 0 radical (unpaired) electrons. The molecule has 1 fully saturated rings. The Morgan fingerprint density at radius 3 is 2.61 bits per heavy atom. The van der Waals surface area contributed by atoms with Crippen LogP contribution in [0.4, 0.5) is 11.4 Å². The molecule has 0 aromatic heterocycles. The molecule has 3 N–H and O–H groups in total. The summed E-state index contributed by atoms with van der Waals surface area (Å²) in [5.41, 5.74) is -0.107. The van der Waals surface area contributed by atoms with Crippen LogP contribution in [0.15, 0.2) is 23.1 Å². The van der Waals surface area contributed by atoms with Crippen LogP contribution >= 0.6 is 0 Å². The molecule has 1 aromatic carbocycles. The van der Waals surface area contributed by atoms with E-state index in [1.807, 2.05) is 0 Å². The van der Waals surface area contributed by atoms with Crippen LogP contribution in [0.3, 0.4) is 0 Å². The van der Waals surface area contributed by atoms with Crippen molar-refractivity contribution in [1.29, 1.82) is 0 Å². The Kier molecular flexibility index (Phi) is 5.16. The van der Waals surface area contributed by atoms with E-state index in [2.05, 4.69) is 16.0 Å². The molecule has 1 aliphatic heterocycles. The lowest BCUT2D eigenvalue weighted by molar-refractivity contribution is -0.384. The molecule has 0 atom stereocenters. The zero-order valence-corrected chi connectivity index (χ0v) is 13.4. The van der Waals surface area contributed by atoms with Gasteiger partial charge in [0.2, 0.25) is 5.91 Å². The number of nitro groups is 1. The second-order valence-corrected chi connectivity index (χ2v) is 7.30. The molecule has 0 bridgehead atoms. The normalized spacial score (nSPS) is 14.8. The molecule has 1 saturated heterocycles. The highest BCUT2D eigenvalue weighted by molar-refractivity contribution is 7.90. The van der Waals surface area contributed by atoms with E-state index in [-0.39, 0.29) is 28.1 Å². The van der Waals surface area contributed by atoms with Gasteiger partial charge in [-0.1, -0.05) is 0 Å². The van der Waals surface area contributed by atoms with E-state index in [4.69, 9.17) is 0 Å². The van der Waals surface area contributed by atoms with Gasteiger partial charge in [0.05, 0.1) is 15.7 Å². The van der Waals surface area contributed by atoms with Crippen molar-refractivity contribution in [3.05, 3.63) is 28.3 Å². The summed E-state index contributed by atoms with van der Waals surface area (Å²) in [6.07, 6.45) is 0.990. The van der Waals surface area contributed by atoms with Crippen molar-refractivity contribution in [3.63, 3.8) is 0 Å². The first-order valence-electron chi connectivity index (χ1n) is 7.00. The van der Waals surface area contributed by atoms with Crippen molar-refractivity contribution >= 4 is 27.1 Å². The number of sulfone groups is 1. The van der Waals surface area contributed by atoms with Crippen LogP contribution in [0.25, 0.3) is 0 Å². The fourth-order valence-corrected chi connectivity index (χ4v) is 2.68. The maximum absolute atomic E-state index is 11.6. The maximum atomic E-state index is 11.6. The van der Waals surface area contributed by atoms with Gasteiger partial charge in [0, 0.05) is 38.5 Å². The predicted octanol–water partition coefficient (Wildman–Crippen LogP) is -0.254. The first-order valence-corrected chi connectivity index (χ1v) is 8.89. The minimum absolute atomic E-state index is 0.0154. The standard InChI is InChI=1S/C13H18N4O5S/c1-23(21,22)10-2-3-11(12(6-10)17(19)20)15-4-5-16-13(18)9-7-14-8-9/h2-3,6,9,14-15H,4-5,7-8H2,1H3,(H,16,18). The van der Waals surface area contributed by atoms with Gasteiger partial charge in [-0.3, -0.25) is 14.9 Å². The van der Waals surface area contributed by atoms with Gasteiger partial charge in [-0.15, -0.1) is 0 Å². The van der Waals surface area contributed by atoms with Crippen molar-refractivity contribution in [2.24, 2.45) is 5.92 Å². The number of nitrogens with one attached hydrogen (secondary N) is 3. The van der Waals surface area contributed by atoms with Gasteiger partial charge >= 0.3 is 0 Å². The largest absolute Gasteiger partial charge is 0.378 e. The van der Waals surface area contributed by atoms with Crippen LogP contribution in [-0.2, 0) is 14.6 Å². The van der Waals surface area contributed by atoms with Crippen LogP contribution in [0.2, 0.25) is 0 Å². The van der Waals surface area contributed by atoms with Crippen molar-refractivity contribution in [3.8, 4) is 0 Å². The Hall–Kier alpha value is -2.20. The summed E-state index contributed by atoms with van der Waals surface area (Å²) in [5, 5.41) is 19.6. The Labute approximate surface area is 133 Å². The topological polar surface area (TPSA) is 130 Å². The van der Waals surface area contributed by atoms with Gasteiger partial charge in [-0.05, 0) is 12.1 Å².